The van der Waals surface area contributed by atoms with E-state index >= 15 is 0 Å². The minimum absolute atomic E-state index is 0.788. The molecule has 1 aliphatic rings. The van der Waals surface area contributed by atoms with Gasteiger partial charge in [-0.05, 0) is 11.6 Å². The molecule has 0 aromatic rings. The van der Waals surface area contributed by atoms with Gasteiger partial charge in [0.15, 0.2) is 0 Å². The Morgan fingerprint density at radius 3 is 3.10 bits per heavy atom. The van der Waals surface area contributed by atoms with Gasteiger partial charge in [-0.1, -0.05) is 31.6 Å². The van der Waals surface area contributed by atoms with Crippen LogP contribution in [0.25, 0.3) is 0 Å². The van der Waals surface area contributed by atoms with Gasteiger partial charge in [-0.3, -0.25) is 0 Å². The normalized spacial score (nSPS) is 17.3. The van der Waals surface area contributed by atoms with E-state index in [4.69, 9.17) is 0 Å². The molecular weight excluding hydrogens is 140 g/mol. The Balaban J connectivity index is 2.61. The quantitative estimate of drug-likeness (QED) is 0.555. The molecule has 0 bridgehead atoms. The van der Waals surface area contributed by atoms with Crippen LogP contribution in [0.1, 0.15) is 19.8 Å². The summed E-state index contributed by atoms with van der Waals surface area (Å²) < 4.78 is 11.2. The molecule has 0 N–H and O–H groups in total. The molecule has 1 nitrogen and oxygen atoms in total. The second kappa shape index (κ2) is 3.61. The molecule has 1 rings (SSSR count). The zero-order chi connectivity index (χ0) is 7.40. The lowest BCUT2D eigenvalue weighted by Gasteiger charge is -2.03. The van der Waals surface area contributed by atoms with Gasteiger partial charge in [-0.25, -0.2) is 0 Å². The average Bonchev–Trinajstić information content (AvgIpc) is 1.94. The predicted molar refractivity (Wildman–Crippen MR) is 43.4 cm³/mol. The van der Waals surface area contributed by atoms with Crippen LogP contribution in [0.5, 0.6) is 0 Å². The van der Waals surface area contributed by atoms with E-state index in [9.17, 15) is 4.46 Å². The Bertz CT molecular complexity index is 191. The summed E-state index contributed by atoms with van der Waals surface area (Å²) in [6.45, 7) is 2.12. The van der Waals surface area contributed by atoms with Crippen LogP contribution in [0.3, 0.4) is 0 Å². The molecule has 0 fully saturated rings. The summed E-state index contributed by atoms with van der Waals surface area (Å²) in [7, 11) is -1.37. The molecule has 0 aliphatic carbocycles. The molecular formula is C8H12OSi. The number of rotatable bonds is 2. The second-order valence-electron chi connectivity index (χ2n) is 2.50. The molecule has 0 amide bonds. The minimum atomic E-state index is -1.37. The molecule has 0 radical (unpaired) electrons. The van der Waals surface area contributed by atoms with Crippen molar-refractivity contribution in [2.24, 2.45) is 0 Å². The van der Waals surface area contributed by atoms with Crippen LogP contribution < -0.4 is 0 Å². The lowest BCUT2D eigenvalue weighted by molar-refractivity contribution is 0.565. The van der Waals surface area contributed by atoms with Crippen molar-refractivity contribution in [3.8, 4) is 0 Å². The smallest absolute Gasteiger partial charge is 0.311 e. The summed E-state index contributed by atoms with van der Waals surface area (Å²) in [6, 6.07) is 0.788. The first-order valence-corrected chi connectivity index (χ1v) is 5.35. The minimum Gasteiger partial charge on any atom is -0.382 e. The topological polar surface area (TPSA) is 17.1 Å². The summed E-state index contributed by atoms with van der Waals surface area (Å²) in [4.78, 5) is 0. The molecule has 10 heavy (non-hydrogen) atoms. The maximum absolute atomic E-state index is 11.2. The van der Waals surface area contributed by atoms with E-state index in [1.807, 2.05) is 18.2 Å². The van der Waals surface area contributed by atoms with Crippen LogP contribution in [0, 0.1) is 0 Å². The molecule has 0 saturated heterocycles. The van der Waals surface area contributed by atoms with Crippen molar-refractivity contribution in [1.82, 2.24) is 0 Å². The highest BCUT2D eigenvalue weighted by Gasteiger charge is 2.10. The molecule has 0 aromatic heterocycles. The third-order valence-electron chi connectivity index (χ3n) is 1.61. The van der Waals surface area contributed by atoms with Gasteiger partial charge in [0.05, 0.1) is 0 Å². The Hall–Kier alpha value is -0.503. The standard InChI is InChI=1S/C8H12OSi/c1-2-5-8-6-3-4-7-10(8)9/h3-4,6H,2,5,7H2,1H3. The third-order valence-corrected chi connectivity index (χ3v) is 3.35. The largest absolute Gasteiger partial charge is 0.382 e. The van der Waals surface area contributed by atoms with Crippen LogP contribution in [0.2, 0.25) is 6.04 Å². The van der Waals surface area contributed by atoms with Gasteiger partial charge in [0.25, 0.3) is 0 Å². The fraction of sp³-hybridized carbons (Fsp3) is 0.500. The van der Waals surface area contributed by atoms with Crippen molar-refractivity contribution >= 4 is 8.68 Å². The fourth-order valence-electron chi connectivity index (χ4n) is 1.08. The molecule has 1 heterocycles. The molecule has 0 atom stereocenters. The summed E-state index contributed by atoms with van der Waals surface area (Å²) in [5, 5.41) is 1.18. The Morgan fingerprint density at radius 2 is 2.50 bits per heavy atom. The summed E-state index contributed by atoms with van der Waals surface area (Å²) >= 11 is 0. The zero-order valence-electron chi connectivity index (χ0n) is 6.26. The van der Waals surface area contributed by atoms with Crippen LogP contribution in [-0.2, 0) is 4.46 Å². The molecule has 1 aliphatic heterocycles. The fourth-order valence-corrected chi connectivity index (χ4v) is 2.50. The van der Waals surface area contributed by atoms with Crippen molar-refractivity contribution in [2.45, 2.75) is 25.8 Å². The molecule has 0 saturated carbocycles. The average molecular weight is 152 g/mol. The maximum atomic E-state index is 11.2. The first-order chi connectivity index (χ1) is 4.84. The van der Waals surface area contributed by atoms with Crippen LogP contribution in [0.4, 0.5) is 0 Å². The highest BCUT2D eigenvalue weighted by Crippen LogP contribution is 2.12. The predicted octanol–water partition coefficient (Wildman–Crippen LogP) is 2.24. The molecule has 0 aromatic carbocycles. The summed E-state index contributed by atoms with van der Waals surface area (Å²) in [5.41, 5.74) is 0. The highest BCUT2D eigenvalue weighted by atomic mass is 28.3. The van der Waals surface area contributed by atoms with Crippen molar-refractivity contribution in [3.63, 3.8) is 0 Å². The number of allylic oxidation sites excluding steroid dienone is 4. The van der Waals surface area contributed by atoms with E-state index in [-0.39, 0.29) is 0 Å². The van der Waals surface area contributed by atoms with Crippen LogP contribution in [-0.4, -0.2) is 8.68 Å². The number of hydrogen-bond acceptors (Lipinski definition) is 1. The van der Waals surface area contributed by atoms with Crippen molar-refractivity contribution in [2.75, 3.05) is 0 Å². The summed E-state index contributed by atoms with van der Waals surface area (Å²) in [5.74, 6) is 0. The van der Waals surface area contributed by atoms with E-state index < -0.39 is 8.68 Å². The van der Waals surface area contributed by atoms with E-state index in [2.05, 4.69) is 6.92 Å². The maximum Gasteiger partial charge on any atom is 0.311 e. The molecule has 0 spiro atoms. The van der Waals surface area contributed by atoms with Gasteiger partial charge in [-0.2, -0.15) is 0 Å². The zero-order valence-corrected chi connectivity index (χ0v) is 7.26. The first-order valence-electron chi connectivity index (χ1n) is 3.73. The van der Waals surface area contributed by atoms with Crippen LogP contribution in [0.15, 0.2) is 23.4 Å². The highest BCUT2D eigenvalue weighted by molar-refractivity contribution is 6.52. The van der Waals surface area contributed by atoms with Gasteiger partial charge in [0, 0.05) is 6.04 Å². The second-order valence-corrected chi connectivity index (χ2v) is 4.39. The van der Waals surface area contributed by atoms with Gasteiger partial charge in [0.1, 0.15) is 0 Å². The Labute approximate surface area is 63.1 Å². The molecule has 54 valence electrons. The molecule has 2 heteroatoms. The van der Waals surface area contributed by atoms with Gasteiger partial charge >= 0.3 is 8.68 Å². The van der Waals surface area contributed by atoms with Crippen molar-refractivity contribution < 1.29 is 4.46 Å². The monoisotopic (exact) mass is 152 g/mol. The van der Waals surface area contributed by atoms with E-state index in [1.54, 1.807) is 0 Å². The van der Waals surface area contributed by atoms with Crippen molar-refractivity contribution in [3.05, 3.63) is 23.4 Å². The number of hydrogen-bond donors (Lipinski definition) is 0. The van der Waals surface area contributed by atoms with Gasteiger partial charge in [0.2, 0.25) is 0 Å². The lowest BCUT2D eigenvalue weighted by atomic mass is 10.3. The van der Waals surface area contributed by atoms with Gasteiger partial charge < -0.3 is 4.46 Å². The first kappa shape index (κ1) is 7.60. The SMILES string of the molecule is CCCC1=CC=CC[Si]1=O. The van der Waals surface area contributed by atoms with Crippen LogP contribution >= 0.6 is 0 Å². The Morgan fingerprint density at radius 1 is 1.70 bits per heavy atom. The van der Waals surface area contributed by atoms with Gasteiger partial charge in [-0.15, -0.1) is 0 Å². The third kappa shape index (κ3) is 1.74. The Kier molecular flexibility index (Phi) is 2.75. The summed E-state index contributed by atoms with van der Waals surface area (Å²) in [6.07, 6.45) is 8.13. The van der Waals surface area contributed by atoms with E-state index in [1.165, 1.54) is 5.20 Å². The molecule has 0 unspecified atom stereocenters. The van der Waals surface area contributed by atoms with E-state index in [0.717, 1.165) is 18.9 Å². The lowest BCUT2D eigenvalue weighted by Crippen LogP contribution is -2.05. The van der Waals surface area contributed by atoms with Crippen molar-refractivity contribution in [1.29, 1.82) is 0 Å². The van der Waals surface area contributed by atoms with E-state index in [0.29, 0.717) is 0 Å².